The number of hydrogen-bond donors (Lipinski definition) is 2. The van der Waals surface area contributed by atoms with Crippen molar-refractivity contribution in [2.24, 2.45) is 5.73 Å². The van der Waals surface area contributed by atoms with Crippen molar-refractivity contribution < 1.29 is 19.4 Å². The second kappa shape index (κ2) is 6.32. The van der Waals surface area contributed by atoms with Gasteiger partial charge in [0.1, 0.15) is 5.60 Å². The molecule has 0 atom stereocenters. The molecule has 0 spiro atoms. The third-order valence-corrected chi connectivity index (χ3v) is 1.68. The van der Waals surface area contributed by atoms with Crippen LogP contribution in [-0.2, 0) is 4.74 Å². The van der Waals surface area contributed by atoms with E-state index < -0.39 is 17.8 Å². The van der Waals surface area contributed by atoms with E-state index in [1.54, 1.807) is 20.8 Å². The molecule has 0 unspecified atom stereocenters. The average molecular weight is 232 g/mol. The van der Waals surface area contributed by atoms with E-state index in [2.05, 4.69) is 0 Å². The topological polar surface area (TPSA) is 92.9 Å². The highest BCUT2D eigenvalue weighted by molar-refractivity contribution is 5.86. The van der Waals surface area contributed by atoms with Gasteiger partial charge in [-0.3, -0.25) is 0 Å². The Morgan fingerprint density at radius 1 is 1.31 bits per heavy atom. The Morgan fingerprint density at radius 2 is 1.88 bits per heavy atom. The van der Waals surface area contributed by atoms with Crippen LogP contribution in [0.2, 0.25) is 0 Å². The number of nitrogens with zero attached hydrogens (tertiary/aromatic N) is 1. The molecule has 0 aliphatic rings. The smallest absolute Gasteiger partial charge is 0.419 e. The summed E-state index contributed by atoms with van der Waals surface area (Å²) in [5.41, 5.74) is 4.59. The minimum Gasteiger partial charge on any atom is -0.465 e. The molecule has 0 saturated carbocycles. The number of ether oxygens (including phenoxy) is 1. The highest BCUT2D eigenvalue weighted by Gasteiger charge is 2.26. The van der Waals surface area contributed by atoms with E-state index in [1.807, 2.05) is 0 Å². The number of carboxylic acid groups (broad SMARTS) is 1. The summed E-state index contributed by atoms with van der Waals surface area (Å²) in [6.45, 7) is 5.64. The SMILES string of the molecule is CC(C)(C)OC(=O)N(CCCCN)C(=O)O. The Balaban J connectivity index is 4.31. The standard InChI is InChI=1S/C10H20N2O4/c1-10(2,3)16-9(15)12(8(13)14)7-5-4-6-11/h4-7,11H2,1-3H3,(H,13,14). The third-order valence-electron chi connectivity index (χ3n) is 1.68. The first-order valence-corrected chi connectivity index (χ1v) is 5.21. The minimum atomic E-state index is -1.30. The number of carbonyl (C=O) groups is 2. The molecule has 2 amide bonds. The van der Waals surface area contributed by atoms with E-state index in [4.69, 9.17) is 15.6 Å². The van der Waals surface area contributed by atoms with Crippen molar-refractivity contribution >= 4 is 12.2 Å². The Morgan fingerprint density at radius 3 is 2.25 bits per heavy atom. The molecule has 0 aliphatic heterocycles. The Kier molecular flexibility index (Phi) is 5.81. The van der Waals surface area contributed by atoms with Gasteiger partial charge in [-0.15, -0.1) is 0 Å². The van der Waals surface area contributed by atoms with Gasteiger partial charge >= 0.3 is 12.2 Å². The number of imide groups is 1. The molecule has 3 N–H and O–H groups in total. The van der Waals surface area contributed by atoms with E-state index >= 15 is 0 Å². The predicted molar refractivity (Wildman–Crippen MR) is 59.3 cm³/mol. The highest BCUT2D eigenvalue weighted by Crippen LogP contribution is 2.10. The lowest BCUT2D eigenvalue weighted by atomic mass is 10.2. The number of carbonyl (C=O) groups excluding carboxylic acids is 1. The molecule has 0 aliphatic carbocycles. The number of hydrogen-bond acceptors (Lipinski definition) is 4. The van der Waals surface area contributed by atoms with Crippen LogP contribution in [0.15, 0.2) is 0 Å². The van der Waals surface area contributed by atoms with Gasteiger partial charge in [-0.1, -0.05) is 0 Å². The van der Waals surface area contributed by atoms with Crippen molar-refractivity contribution in [2.75, 3.05) is 13.1 Å². The summed E-state index contributed by atoms with van der Waals surface area (Å²) in [7, 11) is 0. The fourth-order valence-corrected chi connectivity index (χ4v) is 0.996. The second-order valence-electron chi connectivity index (χ2n) is 4.41. The molecule has 0 fully saturated rings. The van der Waals surface area contributed by atoms with Gasteiger partial charge in [0.25, 0.3) is 0 Å². The Bertz CT molecular complexity index is 248. The van der Waals surface area contributed by atoms with Gasteiger partial charge in [-0.2, -0.15) is 0 Å². The van der Waals surface area contributed by atoms with Gasteiger partial charge in [-0.05, 0) is 40.2 Å². The van der Waals surface area contributed by atoms with Crippen molar-refractivity contribution in [2.45, 2.75) is 39.2 Å². The van der Waals surface area contributed by atoms with Crippen LogP contribution in [0.5, 0.6) is 0 Å². The number of amides is 2. The van der Waals surface area contributed by atoms with Crippen LogP contribution in [-0.4, -0.2) is 40.9 Å². The van der Waals surface area contributed by atoms with Crippen molar-refractivity contribution in [3.05, 3.63) is 0 Å². The number of nitrogens with two attached hydrogens (primary N) is 1. The van der Waals surface area contributed by atoms with E-state index in [-0.39, 0.29) is 6.54 Å². The molecular weight excluding hydrogens is 212 g/mol. The fraction of sp³-hybridized carbons (Fsp3) is 0.800. The van der Waals surface area contributed by atoms with Crippen molar-refractivity contribution in [1.82, 2.24) is 4.90 Å². The minimum absolute atomic E-state index is 0.113. The zero-order valence-electron chi connectivity index (χ0n) is 10.0. The van der Waals surface area contributed by atoms with E-state index in [0.717, 1.165) is 0 Å². The largest absolute Gasteiger partial charge is 0.465 e. The molecule has 6 heteroatoms. The zero-order valence-corrected chi connectivity index (χ0v) is 10.0. The van der Waals surface area contributed by atoms with Crippen molar-refractivity contribution in [3.63, 3.8) is 0 Å². The molecule has 0 heterocycles. The van der Waals surface area contributed by atoms with Crippen LogP contribution in [0.25, 0.3) is 0 Å². The third kappa shape index (κ3) is 6.23. The maximum atomic E-state index is 11.5. The summed E-state index contributed by atoms with van der Waals surface area (Å²) in [5, 5.41) is 8.83. The molecule has 0 bridgehead atoms. The van der Waals surface area contributed by atoms with Crippen LogP contribution in [0.1, 0.15) is 33.6 Å². The van der Waals surface area contributed by atoms with Crippen LogP contribution >= 0.6 is 0 Å². The van der Waals surface area contributed by atoms with Gasteiger partial charge in [0.15, 0.2) is 0 Å². The monoisotopic (exact) mass is 232 g/mol. The first kappa shape index (κ1) is 14.7. The summed E-state index contributed by atoms with van der Waals surface area (Å²) >= 11 is 0. The van der Waals surface area contributed by atoms with Crippen molar-refractivity contribution in [3.8, 4) is 0 Å². The first-order valence-electron chi connectivity index (χ1n) is 5.21. The van der Waals surface area contributed by atoms with Crippen molar-refractivity contribution in [1.29, 1.82) is 0 Å². The number of unbranched alkanes of at least 4 members (excludes halogenated alkanes) is 1. The molecule has 0 aromatic rings. The molecule has 0 saturated heterocycles. The van der Waals surface area contributed by atoms with Gasteiger partial charge < -0.3 is 15.6 Å². The predicted octanol–water partition coefficient (Wildman–Crippen LogP) is 1.64. The summed E-state index contributed by atoms with van der Waals surface area (Å²) in [6.07, 6.45) is -0.919. The maximum absolute atomic E-state index is 11.5. The van der Waals surface area contributed by atoms with Gasteiger partial charge in [0.2, 0.25) is 0 Å². The van der Waals surface area contributed by atoms with E-state index in [9.17, 15) is 9.59 Å². The lowest BCUT2D eigenvalue weighted by Gasteiger charge is -2.24. The van der Waals surface area contributed by atoms with Gasteiger partial charge in [0.05, 0.1) is 0 Å². The Hall–Kier alpha value is -1.30. The molecule has 16 heavy (non-hydrogen) atoms. The molecular formula is C10H20N2O4. The van der Waals surface area contributed by atoms with Crippen LogP contribution in [0.3, 0.4) is 0 Å². The second-order valence-corrected chi connectivity index (χ2v) is 4.41. The van der Waals surface area contributed by atoms with Crippen LogP contribution in [0.4, 0.5) is 9.59 Å². The lowest BCUT2D eigenvalue weighted by molar-refractivity contribution is 0.0267. The van der Waals surface area contributed by atoms with Gasteiger partial charge in [0, 0.05) is 6.54 Å². The summed E-state index contributed by atoms with van der Waals surface area (Å²) in [5.74, 6) is 0. The van der Waals surface area contributed by atoms with E-state index in [0.29, 0.717) is 24.3 Å². The fourth-order valence-electron chi connectivity index (χ4n) is 0.996. The Labute approximate surface area is 95.4 Å². The van der Waals surface area contributed by atoms with E-state index in [1.165, 1.54) is 0 Å². The van der Waals surface area contributed by atoms with Crippen LogP contribution < -0.4 is 5.73 Å². The summed E-state index contributed by atoms with van der Waals surface area (Å²) < 4.78 is 4.97. The highest BCUT2D eigenvalue weighted by atomic mass is 16.6. The zero-order chi connectivity index (χ0) is 12.8. The molecule has 0 radical (unpaired) electrons. The van der Waals surface area contributed by atoms with Crippen LogP contribution in [0, 0.1) is 0 Å². The average Bonchev–Trinajstić information content (AvgIpc) is 2.08. The summed E-state index contributed by atoms with van der Waals surface area (Å²) in [4.78, 5) is 23.0. The molecule has 0 aromatic heterocycles. The van der Waals surface area contributed by atoms with Gasteiger partial charge in [-0.25, -0.2) is 14.5 Å². The summed E-state index contributed by atoms with van der Waals surface area (Å²) in [6, 6.07) is 0. The quantitative estimate of drug-likeness (QED) is 0.719. The molecule has 94 valence electrons. The molecule has 0 aromatic carbocycles. The maximum Gasteiger partial charge on any atom is 0.419 e. The number of rotatable bonds is 4. The molecule has 0 rings (SSSR count). The normalized spacial score (nSPS) is 11.0. The molecule has 6 nitrogen and oxygen atoms in total. The lowest BCUT2D eigenvalue weighted by Crippen LogP contribution is -2.40. The first-order chi connectivity index (χ1) is 7.28.